The summed E-state index contributed by atoms with van der Waals surface area (Å²) >= 11 is 0. The maximum Gasteiger partial charge on any atom is 0.331 e. The molecule has 1 aromatic heterocycles. The van der Waals surface area contributed by atoms with Crippen molar-refractivity contribution in [1.82, 2.24) is 4.98 Å². The van der Waals surface area contributed by atoms with Crippen LogP contribution in [0, 0.1) is 0 Å². The van der Waals surface area contributed by atoms with Crippen molar-refractivity contribution in [3.05, 3.63) is 24.0 Å². The number of ether oxygens (including phenoxy) is 1. The fourth-order valence-electron chi connectivity index (χ4n) is 0.836. The van der Waals surface area contributed by atoms with Crippen molar-refractivity contribution in [3.63, 3.8) is 0 Å². The standard InChI is InChI=1S/C7H10NO4P/c1-12-7-3-2-6(8-4-7)5-13(9,10)11/h2-4H,5H2,1H3,(H2,9,10,11). The SMILES string of the molecule is COc1ccc(CP(=O)(O)O)nc1. The topological polar surface area (TPSA) is 79.7 Å². The predicted octanol–water partition coefficient (Wildman–Crippen LogP) is 0.768. The van der Waals surface area contributed by atoms with E-state index in [1.807, 2.05) is 0 Å². The second kappa shape index (κ2) is 3.87. The first-order chi connectivity index (χ1) is 6.01. The minimum absolute atomic E-state index is 0.336. The quantitative estimate of drug-likeness (QED) is 0.709. The van der Waals surface area contributed by atoms with Crippen LogP contribution < -0.4 is 4.74 Å². The van der Waals surface area contributed by atoms with Gasteiger partial charge in [-0.1, -0.05) is 0 Å². The first kappa shape index (κ1) is 10.2. The maximum absolute atomic E-state index is 10.6. The molecule has 0 aromatic carbocycles. The second-order valence-electron chi connectivity index (χ2n) is 2.51. The normalized spacial score (nSPS) is 11.3. The van der Waals surface area contributed by atoms with Crippen molar-refractivity contribution in [2.45, 2.75) is 6.16 Å². The van der Waals surface area contributed by atoms with E-state index >= 15 is 0 Å². The second-order valence-corrected chi connectivity index (χ2v) is 4.16. The lowest BCUT2D eigenvalue weighted by Crippen LogP contribution is -1.91. The molecule has 0 bridgehead atoms. The van der Waals surface area contributed by atoms with Crippen molar-refractivity contribution in [1.29, 1.82) is 0 Å². The summed E-state index contributed by atoms with van der Waals surface area (Å²) in [6.07, 6.45) is 1.09. The molecule has 6 heteroatoms. The van der Waals surface area contributed by atoms with E-state index < -0.39 is 7.60 Å². The Labute approximate surface area is 75.5 Å². The summed E-state index contributed by atoms with van der Waals surface area (Å²) in [5.74, 6) is 0.564. The minimum atomic E-state index is -4.01. The molecule has 0 aliphatic heterocycles. The summed E-state index contributed by atoms with van der Waals surface area (Å²) in [7, 11) is -2.51. The van der Waals surface area contributed by atoms with Crippen LogP contribution in [0.15, 0.2) is 18.3 Å². The van der Waals surface area contributed by atoms with Gasteiger partial charge in [-0.25, -0.2) is 0 Å². The van der Waals surface area contributed by atoms with E-state index in [0.29, 0.717) is 11.4 Å². The summed E-state index contributed by atoms with van der Waals surface area (Å²) < 4.78 is 15.4. The summed E-state index contributed by atoms with van der Waals surface area (Å²) in [5.41, 5.74) is 0.356. The van der Waals surface area contributed by atoms with Gasteiger partial charge in [-0.3, -0.25) is 9.55 Å². The van der Waals surface area contributed by atoms with E-state index in [9.17, 15) is 4.57 Å². The Morgan fingerprint density at radius 3 is 2.62 bits per heavy atom. The molecule has 1 rings (SSSR count). The van der Waals surface area contributed by atoms with Crippen molar-refractivity contribution in [2.24, 2.45) is 0 Å². The molecule has 13 heavy (non-hydrogen) atoms. The van der Waals surface area contributed by atoms with Gasteiger partial charge in [0, 0.05) is 0 Å². The Balaban J connectivity index is 2.76. The zero-order valence-corrected chi connectivity index (χ0v) is 7.94. The van der Waals surface area contributed by atoms with Crippen LogP contribution in [-0.2, 0) is 10.7 Å². The lowest BCUT2D eigenvalue weighted by molar-refractivity contribution is 0.371. The maximum atomic E-state index is 10.6. The van der Waals surface area contributed by atoms with E-state index in [1.165, 1.54) is 19.4 Å². The average molecular weight is 203 g/mol. The summed E-state index contributed by atoms with van der Waals surface area (Å²) in [6.45, 7) is 0. The molecular weight excluding hydrogens is 193 g/mol. The van der Waals surface area contributed by atoms with Crippen LogP contribution in [0.5, 0.6) is 5.75 Å². The van der Waals surface area contributed by atoms with Gasteiger partial charge in [-0.2, -0.15) is 0 Å². The molecule has 0 fully saturated rings. The molecule has 0 saturated heterocycles. The van der Waals surface area contributed by atoms with Crippen LogP contribution in [0.4, 0.5) is 0 Å². The Morgan fingerprint density at radius 2 is 2.23 bits per heavy atom. The zero-order chi connectivity index (χ0) is 9.90. The molecule has 0 saturated carbocycles. The fourth-order valence-corrected chi connectivity index (χ4v) is 1.45. The molecule has 0 aliphatic carbocycles. The molecule has 72 valence electrons. The monoisotopic (exact) mass is 203 g/mol. The van der Waals surface area contributed by atoms with Crippen molar-refractivity contribution >= 4 is 7.60 Å². The molecule has 0 amide bonds. The van der Waals surface area contributed by atoms with Crippen LogP contribution in [0.3, 0.4) is 0 Å². The highest BCUT2D eigenvalue weighted by molar-refractivity contribution is 7.50. The van der Waals surface area contributed by atoms with Gasteiger partial charge in [0.15, 0.2) is 0 Å². The molecule has 1 aromatic rings. The van der Waals surface area contributed by atoms with Crippen LogP contribution in [0.25, 0.3) is 0 Å². The summed E-state index contributed by atoms with van der Waals surface area (Å²) in [5, 5.41) is 0. The minimum Gasteiger partial charge on any atom is -0.495 e. The van der Waals surface area contributed by atoms with Crippen LogP contribution in [-0.4, -0.2) is 21.9 Å². The molecule has 0 aliphatic rings. The van der Waals surface area contributed by atoms with Crippen LogP contribution >= 0.6 is 7.60 Å². The molecular formula is C7H10NO4P. The summed E-state index contributed by atoms with van der Waals surface area (Å²) in [6, 6.07) is 3.13. The number of aromatic nitrogens is 1. The van der Waals surface area contributed by atoms with E-state index in [1.54, 1.807) is 6.07 Å². The third kappa shape index (κ3) is 3.55. The van der Waals surface area contributed by atoms with Crippen LogP contribution in [0.1, 0.15) is 5.69 Å². The molecule has 0 unspecified atom stereocenters. The summed E-state index contributed by atoms with van der Waals surface area (Å²) in [4.78, 5) is 21.1. The van der Waals surface area contributed by atoms with Gasteiger partial charge in [0.25, 0.3) is 0 Å². The van der Waals surface area contributed by atoms with Crippen molar-refractivity contribution in [3.8, 4) is 5.75 Å². The highest BCUT2D eigenvalue weighted by Crippen LogP contribution is 2.38. The predicted molar refractivity (Wildman–Crippen MR) is 46.5 cm³/mol. The highest BCUT2D eigenvalue weighted by Gasteiger charge is 2.14. The molecule has 5 nitrogen and oxygen atoms in total. The average Bonchev–Trinajstić information content (AvgIpc) is 2.03. The highest BCUT2D eigenvalue weighted by atomic mass is 31.2. The number of rotatable bonds is 3. The van der Waals surface area contributed by atoms with Gasteiger partial charge in [-0.05, 0) is 12.1 Å². The lowest BCUT2D eigenvalue weighted by Gasteiger charge is -2.03. The molecule has 2 N–H and O–H groups in total. The Bertz CT molecular complexity index is 318. The number of pyridine rings is 1. The van der Waals surface area contributed by atoms with Gasteiger partial charge in [0.2, 0.25) is 0 Å². The third-order valence-corrected chi connectivity index (χ3v) is 2.14. The molecule has 0 atom stereocenters. The van der Waals surface area contributed by atoms with E-state index in [0.717, 1.165) is 0 Å². The largest absolute Gasteiger partial charge is 0.495 e. The lowest BCUT2D eigenvalue weighted by atomic mass is 10.4. The van der Waals surface area contributed by atoms with Crippen molar-refractivity contribution < 1.29 is 19.1 Å². The Morgan fingerprint density at radius 1 is 1.54 bits per heavy atom. The van der Waals surface area contributed by atoms with E-state index in [2.05, 4.69) is 4.98 Å². The van der Waals surface area contributed by atoms with E-state index in [-0.39, 0.29) is 6.16 Å². The third-order valence-electron chi connectivity index (χ3n) is 1.40. The van der Waals surface area contributed by atoms with Gasteiger partial charge >= 0.3 is 7.60 Å². The number of nitrogens with zero attached hydrogens (tertiary/aromatic N) is 1. The van der Waals surface area contributed by atoms with E-state index in [4.69, 9.17) is 14.5 Å². The number of hydrogen-bond acceptors (Lipinski definition) is 3. The van der Waals surface area contributed by atoms with Gasteiger partial charge < -0.3 is 14.5 Å². The van der Waals surface area contributed by atoms with Crippen LogP contribution in [0.2, 0.25) is 0 Å². The molecule has 0 radical (unpaired) electrons. The first-order valence-corrected chi connectivity index (χ1v) is 5.34. The van der Waals surface area contributed by atoms with Gasteiger partial charge in [0.1, 0.15) is 5.75 Å². The Kier molecular flexibility index (Phi) is 3.03. The number of hydrogen-bond donors (Lipinski definition) is 2. The Hall–Kier alpha value is -0.900. The fraction of sp³-hybridized carbons (Fsp3) is 0.286. The molecule has 0 spiro atoms. The molecule has 1 heterocycles. The van der Waals surface area contributed by atoms with Gasteiger partial charge in [0.05, 0.1) is 25.2 Å². The first-order valence-electron chi connectivity index (χ1n) is 3.55. The van der Waals surface area contributed by atoms with Gasteiger partial charge in [-0.15, -0.1) is 0 Å². The van der Waals surface area contributed by atoms with Crippen molar-refractivity contribution in [2.75, 3.05) is 7.11 Å². The number of methoxy groups -OCH3 is 1. The zero-order valence-electron chi connectivity index (χ0n) is 7.04. The smallest absolute Gasteiger partial charge is 0.331 e.